The van der Waals surface area contributed by atoms with Crippen LogP contribution in [0.4, 0.5) is 0 Å². The number of carbonyl (C=O) groups excluding carboxylic acids is 1. The van der Waals surface area contributed by atoms with Crippen molar-refractivity contribution < 1.29 is 9.53 Å². The molecule has 0 spiro atoms. The maximum Gasteiger partial charge on any atom is 0.378 e. The van der Waals surface area contributed by atoms with Crippen LogP contribution < -0.4 is 0 Å². The summed E-state index contributed by atoms with van der Waals surface area (Å²) in [5.74, 6) is -0.536. The fraction of sp³-hybridized carbons (Fsp3) is 0.400. The lowest BCUT2D eigenvalue weighted by Crippen LogP contribution is -2.06. The van der Waals surface area contributed by atoms with Crippen molar-refractivity contribution in [2.24, 2.45) is 0 Å². The summed E-state index contributed by atoms with van der Waals surface area (Å²) < 4.78 is 12.9. The van der Waals surface area contributed by atoms with E-state index >= 15 is 0 Å². The number of aromatic nitrogens is 3. The average Bonchev–Trinajstić information content (AvgIpc) is 2.52. The van der Waals surface area contributed by atoms with Crippen LogP contribution in [0.5, 0.6) is 0 Å². The van der Waals surface area contributed by atoms with E-state index in [0.29, 0.717) is 6.61 Å². The molecule has 0 saturated heterocycles. The summed E-state index contributed by atoms with van der Waals surface area (Å²) in [7, 11) is -0.269. The van der Waals surface area contributed by atoms with Gasteiger partial charge in [-0.2, -0.15) is 0 Å². The molecule has 1 unspecified atom stereocenters. The number of hydrogen-bond donors (Lipinski definition) is 0. The minimum Gasteiger partial charge on any atom is -0.460 e. The van der Waals surface area contributed by atoms with E-state index in [-0.39, 0.29) is 15.2 Å². The van der Waals surface area contributed by atoms with Gasteiger partial charge in [0.1, 0.15) is 6.33 Å². The van der Waals surface area contributed by atoms with Crippen molar-refractivity contribution in [1.29, 1.82) is 1.28 Å². The Morgan fingerprint density at radius 2 is 2.91 bits per heavy atom. The third-order valence-electron chi connectivity index (χ3n) is 0.950. The van der Waals surface area contributed by atoms with Gasteiger partial charge < -0.3 is 4.74 Å². The topological polar surface area (TPSA) is 57.0 Å². The zero-order valence-electron chi connectivity index (χ0n) is 6.94. The monoisotopic (exact) mass is 175 g/mol. The van der Waals surface area contributed by atoms with Crippen LogP contribution in [0.15, 0.2) is 6.33 Å². The minimum absolute atomic E-state index is 0.0107. The summed E-state index contributed by atoms with van der Waals surface area (Å²) in [6, 6.07) is 0. The Morgan fingerprint density at radius 3 is 3.45 bits per heavy atom. The van der Waals surface area contributed by atoms with E-state index in [2.05, 4.69) is 14.8 Å². The molecule has 0 aromatic carbocycles. The van der Waals surface area contributed by atoms with Crippen molar-refractivity contribution in [3.05, 3.63) is 12.2 Å². The normalized spacial score (nSPS) is 11.9. The summed E-state index contributed by atoms with van der Waals surface area (Å²) in [5, 5.41) is 3.70. The van der Waals surface area contributed by atoms with Gasteiger partial charge in [0.2, 0.25) is 0 Å². The third-order valence-corrected chi connectivity index (χ3v) is 1.17. The maximum atomic E-state index is 11.0. The van der Waals surface area contributed by atoms with Crippen molar-refractivity contribution in [1.82, 2.24) is 14.5 Å². The predicted octanol–water partition coefficient (Wildman–Crippen LogP) is 0.0930. The van der Waals surface area contributed by atoms with E-state index in [0.717, 1.165) is 0 Å². The fourth-order valence-electron chi connectivity index (χ4n) is 0.552. The number of esters is 1. The summed E-state index contributed by atoms with van der Waals surface area (Å²) in [6.45, 7) is 2.01. The first-order chi connectivity index (χ1) is 5.77. The molecular formula is C5H8N3O2P. The lowest BCUT2D eigenvalue weighted by Gasteiger charge is -1.94. The SMILES string of the molecule is [3H]Pn1cnc(C(=O)OCC)n1. The second-order valence-corrected chi connectivity index (χ2v) is 2.19. The van der Waals surface area contributed by atoms with Gasteiger partial charge in [0, 0.05) is 0 Å². The first kappa shape index (κ1) is 6.73. The highest BCUT2D eigenvalue weighted by Crippen LogP contribution is 1.95. The molecule has 0 aliphatic rings. The Balaban J connectivity index is 2.68. The zero-order valence-corrected chi connectivity index (χ0v) is 6.94. The van der Waals surface area contributed by atoms with Crippen LogP contribution in [-0.2, 0) is 4.74 Å². The van der Waals surface area contributed by atoms with E-state index < -0.39 is 5.97 Å². The molecular weight excluding hydrogens is 165 g/mol. The Morgan fingerprint density at radius 1 is 2.09 bits per heavy atom. The molecule has 11 heavy (non-hydrogen) atoms. The summed E-state index contributed by atoms with van der Waals surface area (Å²) in [6.07, 6.45) is 1.33. The Kier molecular flexibility index (Phi) is 2.10. The number of carbonyl (C=O) groups is 1. The molecule has 6 heteroatoms. The van der Waals surface area contributed by atoms with Gasteiger partial charge in [-0.25, -0.2) is 14.2 Å². The molecule has 1 rings (SSSR count). The lowest BCUT2D eigenvalue weighted by atomic mass is 10.6. The molecule has 0 saturated carbocycles. The van der Waals surface area contributed by atoms with Gasteiger partial charge in [-0.15, -0.1) is 5.10 Å². The van der Waals surface area contributed by atoms with Gasteiger partial charge in [0.25, 0.3) is 5.82 Å². The van der Waals surface area contributed by atoms with Crippen molar-refractivity contribution in [2.75, 3.05) is 6.61 Å². The van der Waals surface area contributed by atoms with Gasteiger partial charge >= 0.3 is 5.97 Å². The fourth-order valence-corrected chi connectivity index (χ4v) is 0.705. The third kappa shape index (κ3) is 1.98. The van der Waals surface area contributed by atoms with Crippen molar-refractivity contribution >= 4 is 15.3 Å². The van der Waals surface area contributed by atoms with Crippen LogP contribution in [0.25, 0.3) is 0 Å². The van der Waals surface area contributed by atoms with Gasteiger partial charge in [0.05, 0.1) is 7.89 Å². The number of hydrogen-bond acceptors (Lipinski definition) is 4. The summed E-state index contributed by atoms with van der Waals surface area (Å²) in [5.41, 5.74) is 0. The Hall–Kier alpha value is -0.960. The van der Waals surface area contributed by atoms with Crippen LogP contribution in [0.1, 0.15) is 17.5 Å². The number of ether oxygens (including phenoxy) is 1. The molecule has 1 atom stereocenters. The smallest absolute Gasteiger partial charge is 0.378 e. The number of nitrogens with zero attached hydrogens (tertiary/aromatic N) is 3. The van der Waals surface area contributed by atoms with Crippen molar-refractivity contribution in [3.63, 3.8) is 0 Å². The molecule has 1 aromatic heterocycles. The molecule has 0 aliphatic heterocycles. The molecule has 0 bridgehead atoms. The van der Waals surface area contributed by atoms with E-state index in [1.54, 1.807) is 6.92 Å². The van der Waals surface area contributed by atoms with Gasteiger partial charge in [-0.1, -0.05) is 0 Å². The highest BCUT2D eigenvalue weighted by Gasteiger charge is 2.10. The quantitative estimate of drug-likeness (QED) is 0.482. The second kappa shape index (κ2) is 3.44. The lowest BCUT2D eigenvalue weighted by molar-refractivity contribution is 0.0512. The van der Waals surface area contributed by atoms with E-state index in [9.17, 15) is 4.79 Å². The highest BCUT2D eigenvalue weighted by atomic mass is 31.0. The zero-order chi connectivity index (χ0) is 8.97. The van der Waals surface area contributed by atoms with Gasteiger partial charge in [0.15, 0.2) is 0 Å². The molecule has 0 radical (unpaired) electrons. The molecule has 0 N–H and O–H groups in total. The second-order valence-electron chi connectivity index (χ2n) is 1.73. The first-order valence-corrected chi connectivity index (χ1v) is 3.49. The molecule has 60 valence electrons. The van der Waals surface area contributed by atoms with Crippen molar-refractivity contribution in [3.8, 4) is 0 Å². The maximum absolute atomic E-state index is 11.0. The summed E-state index contributed by atoms with van der Waals surface area (Å²) >= 11 is 0. The first-order valence-electron chi connectivity index (χ1n) is 3.54. The van der Waals surface area contributed by atoms with Gasteiger partial charge in [-0.05, 0) is 16.3 Å². The van der Waals surface area contributed by atoms with E-state index in [4.69, 9.17) is 1.28 Å². The largest absolute Gasteiger partial charge is 0.460 e. The Labute approximate surface area is 67.3 Å². The molecule has 1 heterocycles. The number of rotatable bonds is 3. The molecule has 0 aliphatic carbocycles. The minimum atomic E-state index is -0.547. The predicted molar refractivity (Wildman–Crippen MR) is 41.1 cm³/mol. The standard InChI is InChI=1S/C5H8N3O2P/c1-2-10-5(9)4-6-3-8(11)7-4/h3H,2,11H2,1H3/i11T. The van der Waals surface area contributed by atoms with Crippen LogP contribution >= 0.6 is 9.34 Å². The van der Waals surface area contributed by atoms with Crippen molar-refractivity contribution in [2.45, 2.75) is 6.92 Å². The molecule has 5 nitrogen and oxygen atoms in total. The molecule has 0 fully saturated rings. The van der Waals surface area contributed by atoms with E-state index in [1.807, 2.05) is 0 Å². The van der Waals surface area contributed by atoms with Crippen LogP contribution in [0.3, 0.4) is 0 Å². The van der Waals surface area contributed by atoms with Crippen LogP contribution in [0.2, 0.25) is 0 Å². The van der Waals surface area contributed by atoms with Gasteiger partial charge in [-0.3, -0.25) is 0 Å². The average molecular weight is 175 g/mol. The molecule has 1 aromatic rings. The summed E-state index contributed by atoms with van der Waals surface area (Å²) in [4.78, 5) is 14.6. The highest BCUT2D eigenvalue weighted by molar-refractivity contribution is 7.14. The molecule has 0 amide bonds. The van der Waals surface area contributed by atoms with Crippen LogP contribution in [0, 0.1) is 0 Å². The van der Waals surface area contributed by atoms with E-state index in [1.165, 1.54) is 10.8 Å². The van der Waals surface area contributed by atoms with Crippen LogP contribution in [-0.4, -0.2) is 28.4 Å². The Bertz CT molecular complexity index is 277.